The number of anilines is 1. The lowest BCUT2D eigenvalue weighted by atomic mass is 10.3. The van der Waals surface area contributed by atoms with E-state index in [1.54, 1.807) is 10.6 Å². The van der Waals surface area contributed by atoms with E-state index in [9.17, 15) is 13.2 Å². The van der Waals surface area contributed by atoms with Crippen molar-refractivity contribution in [3.63, 3.8) is 0 Å². The average molecular weight is 443 g/mol. The summed E-state index contributed by atoms with van der Waals surface area (Å²) in [6.45, 7) is 2.57. The lowest BCUT2D eigenvalue weighted by Crippen LogP contribution is -2.14. The van der Waals surface area contributed by atoms with Crippen LogP contribution in [0, 0.1) is 0 Å². The van der Waals surface area contributed by atoms with Crippen LogP contribution in [0.25, 0.3) is 10.2 Å². The zero-order valence-electron chi connectivity index (χ0n) is 15.5. The molecule has 0 radical (unpaired) electrons. The predicted octanol–water partition coefficient (Wildman–Crippen LogP) is 3.94. The highest BCUT2D eigenvalue weighted by molar-refractivity contribution is 7.92. The van der Waals surface area contributed by atoms with Crippen molar-refractivity contribution in [2.24, 2.45) is 0 Å². The van der Waals surface area contributed by atoms with Gasteiger partial charge in [-0.05, 0) is 24.6 Å². The molecule has 1 aromatic heterocycles. The molecule has 3 aromatic rings. The van der Waals surface area contributed by atoms with E-state index >= 15 is 0 Å². The normalized spacial score (nSPS) is 11.6. The lowest BCUT2D eigenvalue weighted by Gasteiger charge is -2.14. The second kappa shape index (κ2) is 8.02. The van der Waals surface area contributed by atoms with Crippen LogP contribution in [0.1, 0.15) is 13.3 Å². The topological polar surface area (TPSA) is 86.6 Å². The molecule has 7 nitrogen and oxygen atoms in total. The SMILES string of the molecule is CCCn1c(=O)sc2cc(S(=O)(=O)Nc3cc(OC)c(Cl)cc3OC)ccc21. The molecule has 0 saturated heterocycles. The predicted molar refractivity (Wildman–Crippen MR) is 112 cm³/mol. The Balaban J connectivity index is 2.03. The fourth-order valence-corrected chi connectivity index (χ4v) is 5.14. The number of hydrogen-bond acceptors (Lipinski definition) is 6. The first-order valence-electron chi connectivity index (χ1n) is 8.38. The van der Waals surface area contributed by atoms with Crippen LogP contribution in [-0.4, -0.2) is 27.2 Å². The van der Waals surface area contributed by atoms with Gasteiger partial charge in [0.25, 0.3) is 10.0 Å². The van der Waals surface area contributed by atoms with Crippen molar-refractivity contribution in [2.75, 3.05) is 18.9 Å². The summed E-state index contributed by atoms with van der Waals surface area (Å²) in [6.07, 6.45) is 0.811. The van der Waals surface area contributed by atoms with E-state index in [1.165, 1.54) is 38.5 Å². The minimum atomic E-state index is -3.92. The molecule has 0 atom stereocenters. The first-order valence-corrected chi connectivity index (χ1v) is 11.1. The van der Waals surface area contributed by atoms with Crippen LogP contribution in [-0.2, 0) is 16.6 Å². The number of fused-ring (bicyclic) bond motifs is 1. The first-order chi connectivity index (χ1) is 13.3. The van der Waals surface area contributed by atoms with Gasteiger partial charge in [-0.2, -0.15) is 0 Å². The Hall–Kier alpha value is -2.23. The van der Waals surface area contributed by atoms with Gasteiger partial charge in [-0.15, -0.1) is 0 Å². The number of thiazole rings is 1. The number of halogens is 1. The summed E-state index contributed by atoms with van der Waals surface area (Å²) in [5.74, 6) is 0.569. The number of aryl methyl sites for hydroxylation is 1. The van der Waals surface area contributed by atoms with Crippen molar-refractivity contribution < 1.29 is 17.9 Å². The minimum absolute atomic E-state index is 0.0425. The van der Waals surface area contributed by atoms with Gasteiger partial charge in [-0.25, -0.2) is 8.42 Å². The summed E-state index contributed by atoms with van der Waals surface area (Å²) < 4.78 is 40.9. The molecule has 0 aliphatic heterocycles. The molecule has 0 aliphatic rings. The van der Waals surface area contributed by atoms with Crippen LogP contribution in [0.5, 0.6) is 11.5 Å². The van der Waals surface area contributed by atoms with Gasteiger partial charge in [-0.1, -0.05) is 29.9 Å². The third-order valence-electron chi connectivity index (χ3n) is 4.12. The van der Waals surface area contributed by atoms with E-state index in [-0.39, 0.29) is 21.2 Å². The van der Waals surface area contributed by atoms with Gasteiger partial charge >= 0.3 is 4.87 Å². The number of benzene rings is 2. The Bertz CT molecular complexity index is 1180. The summed E-state index contributed by atoms with van der Waals surface area (Å²) in [5, 5.41) is 0.297. The number of methoxy groups -OCH3 is 2. The molecule has 0 aliphatic carbocycles. The van der Waals surface area contributed by atoms with Gasteiger partial charge in [0.2, 0.25) is 0 Å². The quantitative estimate of drug-likeness (QED) is 0.598. The third-order valence-corrected chi connectivity index (χ3v) is 6.72. The highest BCUT2D eigenvalue weighted by Gasteiger charge is 2.20. The van der Waals surface area contributed by atoms with E-state index in [1.807, 2.05) is 6.92 Å². The molecule has 1 N–H and O–H groups in total. The van der Waals surface area contributed by atoms with Crippen molar-refractivity contribution in [1.29, 1.82) is 0 Å². The summed E-state index contributed by atoms with van der Waals surface area (Å²) in [7, 11) is -1.08. The number of aromatic nitrogens is 1. The van der Waals surface area contributed by atoms with Crippen LogP contribution < -0.4 is 19.1 Å². The second-order valence-electron chi connectivity index (χ2n) is 5.94. The Morgan fingerprint density at radius 2 is 1.86 bits per heavy atom. The van der Waals surface area contributed by atoms with Crippen LogP contribution >= 0.6 is 22.9 Å². The summed E-state index contributed by atoms with van der Waals surface area (Å²) >= 11 is 7.09. The van der Waals surface area contributed by atoms with Gasteiger partial charge in [0.1, 0.15) is 11.5 Å². The second-order valence-corrected chi connectivity index (χ2v) is 9.02. The van der Waals surface area contributed by atoms with Crippen LogP contribution in [0.4, 0.5) is 5.69 Å². The van der Waals surface area contributed by atoms with Gasteiger partial charge in [-0.3, -0.25) is 14.1 Å². The summed E-state index contributed by atoms with van der Waals surface area (Å²) in [4.78, 5) is 12.1. The number of nitrogens with one attached hydrogen (secondary N) is 1. The van der Waals surface area contributed by atoms with Gasteiger partial charge in [0, 0.05) is 18.7 Å². The zero-order valence-corrected chi connectivity index (χ0v) is 17.9. The van der Waals surface area contributed by atoms with E-state index < -0.39 is 10.0 Å². The average Bonchev–Trinajstić information content (AvgIpc) is 2.97. The molecule has 10 heteroatoms. The Kier molecular flexibility index (Phi) is 5.87. The molecule has 0 spiro atoms. The lowest BCUT2D eigenvalue weighted by molar-refractivity contribution is 0.405. The van der Waals surface area contributed by atoms with Crippen molar-refractivity contribution in [2.45, 2.75) is 24.8 Å². The highest BCUT2D eigenvalue weighted by atomic mass is 35.5. The van der Waals surface area contributed by atoms with Crippen LogP contribution in [0.15, 0.2) is 40.0 Å². The molecule has 0 amide bonds. The molecule has 0 saturated carbocycles. The van der Waals surface area contributed by atoms with Crippen LogP contribution in [0.2, 0.25) is 5.02 Å². The fourth-order valence-electron chi connectivity index (χ4n) is 2.79. The summed E-state index contributed by atoms with van der Waals surface area (Å²) in [5.41, 5.74) is 0.919. The molecular formula is C18H19ClN2O5S2. The number of sulfonamides is 1. The molecule has 28 heavy (non-hydrogen) atoms. The van der Waals surface area contributed by atoms with Crippen LogP contribution in [0.3, 0.4) is 0 Å². The molecule has 0 fully saturated rings. The van der Waals surface area contributed by atoms with E-state index in [0.29, 0.717) is 22.0 Å². The Morgan fingerprint density at radius 1 is 1.14 bits per heavy atom. The maximum atomic E-state index is 12.9. The Labute approximate surface area is 171 Å². The Morgan fingerprint density at radius 3 is 2.50 bits per heavy atom. The molecule has 3 rings (SSSR count). The zero-order chi connectivity index (χ0) is 20.5. The van der Waals surface area contributed by atoms with E-state index in [2.05, 4.69) is 4.72 Å². The van der Waals surface area contributed by atoms with Gasteiger partial charge in [0.15, 0.2) is 0 Å². The number of ether oxygens (including phenoxy) is 2. The molecule has 150 valence electrons. The fraction of sp³-hybridized carbons (Fsp3) is 0.278. The first kappa shape index (κ1) is 20.5. The molecular weight excluding hydrogens is 424 g/mol. The highest BCUT2D eigenvalue weighted by Crippen LogP contribution is 2.37. The van der Waals surface area contributed by atoms with Crippen molar-refractivity contribution in [3.8, 4) is 11.5 Å². The van der Waals surface area contributed by atoms with Crippen molar-refractivity contribution in [1.82, 2.24) is 4.57 Å². The molecule has 1 heterocycles. The standard InChI is InChI=1S/C18H19ClN2O5S2/c1-4-7-21-14-6-5-11(8-17(14)27-18(21)22)28(23,24)20-13-10-15(25-2)12(19)9-16(13)26-3/h5-6,8-10,20H,4,7H2,1-3H3. The largest absolute Gasteiger partial charge is 0.495 e. The van der Waals surface area contributed by atoms with Crippen molar-refractivity contribution in [3.05, 3.63) is 45.0 Å². The number of rotatable bonds is 7. The maximum Gasteiger partial charge on any atom is 0.308 e. The van der Waals surface area contributed by atoms with E-state index in [0.717, 1.165) is 23.3 Å². The third kappa shape index (κ3) is 3.82. The smallest absolute Gasteiger partial charge is 0.308 e. The summed E-state index contributed by atoms with van der Waals surface area (Å²) in [6, 6.07) is 7.54. The molecule has 0 unspecified atom stereocenters. The van der Waals surface area contributed by atoms with Gasteiger partial charge in [0.05, 0.1) is 40.0 Å². The monoisotopic (exact) mass is 442 g/mol. The molecule has 0 bridgehead atoms. The van der Waals surface area contributed by atoms with Crippen molar-refractivity contribution >= 4 is 48.9 Å². The minimum Gasteiger partial charge on any atom is -0.495 e. The molecule has 2 aromatic carbocycles. The number of hydrogen-bond donors (Lipinski definition) is 1. The maximum absolute atomic E-state index is 12.9. The van der Waals surface area contributed by atoms with E-state index in [4.69, 9.17) is 21.1 Å². The number of nitrogens with zero attached hydrogens (tertiary/aromatic N) is 1. The van der Waals surface area contributed by atoms with Gasteiger partial charge < -0.3 is 9.47 Å².